The number of epoxide rings is 1. The fraction of sp³-hybridized carbons (Fsp3) is 0.727. The second kappa shape index (κ2) is 4.84. The molecule has 0 bridgehead atoms. The molecule has 0 spiro atoms. The number of allylic oxidation sites excluding steroid dienone is 1. The molecule has 2 rings (SSSR count). The van der Waals surface area contributed by atoms with E-state index in [-0.39, 0.29) is 11.5 Å². The van der Waals surface area contributed by atoms with Gasteiger partial charge in [0.2, 0.25) is 5.91 Å². The van der Waals surface area contributed by atoms with E-state index in [0.29, 0.717) is 19.4 Å². The Morgan fingerprint density at radius 2 is 2.13 bits per heavy atom. The number of hydrogen-bond donors (Lipinski definition) is 0. The molecule has 0 saturated carbocycles. The monoisotopic (exact) mass is 207 g/mol. The summed E-state index contributed by atoms with van der Waals surface area (Å²) in [4.78, 5) is 13.1. The Hall–Kier alpha value is -0.765. The highest BCUT2D eigenvalue weighted by atomic mass is 16.6. The SMILES string of the molecule is CC.[B]C1=CN(CC2(C)CO2)C(=O)CC1. The maximum absolute atomic E-state index is 11.4. The van der Waals surface area contributed by atoms with E-state index >= 15 is 0 Å². The number of carbonyl (C=O) groups is 1. The van der Waals surface area contributed by atoms with Crippen molar-refractivity contribution in [2.45, 2.75) is 39.2 Å². The van der Waals surface area contributed by atoms with Gasteiger partial charge in [0.1, 0.15) is 13.4 Å². The van der Waals surface area contributed by atoms with E-state index in [1.807, 2.05) is 20.8 Å². The van der Waals surface area contributed by atoms with Crippen molar-refractivity contribution in [3.8, 4) is 0 Å². The first kappa shape index (κ1) is 12.3. The summed E-state index contributed by atoms with van der Waals surface area (Å²) in [6, 6.07) is 0. The topological polar surface area (TPSA) is 32.8 Å². The Kier molecular flexibility index (Phi) is 3.97. The maximum atomic E-state index is 11.4. The van der Waals surface area contributed by atoms with Gasteiger partial charge in [-0.05, 0) is 19.5 Å². The third-order valence-electron chi connectivity index (χ3n) is 2.41. The zero-order valence-electron chi connectivity index (χ0n) is 9.75. The molecule has 1 unspecified atom stereocenters. The lowest BCUT2D eigenvalue weighted by Crippen LogP contribution is -2.36. The van der Waals surface area contributed by atoms with E-state index in [2.05, 4.69) is 0 Å². The molecule has 2 heterocycles. The second-order valence-corrected chi connectivity index (χ2v) is 3.96. The molecule has 1 atom stereocenters. The molecule has 1 saturated heterocycles. The van der Waals surface area contributed by atoms with Crippen LogP contribution in [0.15, 0.2) is 11.7 Å². The van der Waals surface area contributed by atoms with E-state index in [1.54, 1.807) is 11.1 Å². The second-order valence-electron chi connectivity index (χ2n) is 3.96. The standard InChI is InChI=1S/C9H12BNO2.C2H6/c1-9(6-13-9)5-11-4-7(10)2-3-8(11)12;1-2/h4H,2-3,5-6H2,1H3;1-2H3. The summed E-state index contributed by atoms with van der Waals surface area (Å²) in [5.41, 5.74) is 0.660. The molecule has 82 valence electrons. The molecule has 2 aliphatic heterocycles. The predicted octanol–water partition coefficient (Wildman–Crippen LogP) is 1.43. The molecule has 1 amide bonds. The van der Waals surface area contributed by atoms with Gasteiger partial charge in [-0.1, -0.05) is 13.8 Å². The normalized spacial score (nSPS) is 29.1. The first-order chi connectivity index (χ1) is 7.09. The van der Waals surface area contributed by atoms with Crippen LogP contribution in [-0.2, 0) is 9.53 Å². The summed E-state index contributed by atoms with van der Waals surface area (Å²) in [6.45, 7) is 7.37. The number of nitrogens with zero attached hydrogens (tertiary/aromatic N) is 1. The average Bonchev–Trinajstić information content (AvgIpc) is 2.93. The number of ether oxygens (including phenoxy) is 1. The smallest absolute Gasteiger partial charge is 0.226 e. The molecule has 0 aliphatic carbocycles. The van der Waals surface area contributed by atoms with Crippen LogP contribution in [0.2, 0.25) is 0 Å². The fourth-order valence-corrected chi connectivity index (χ4v) is 1.44. The Bertz CT molecular complexity index is 272. The van der Waals surface area contributed by atoms with E-state index in [9.17, 15) is 4.79 Å². The zero-order valence-corrected chi connectivity index (χ0v) is 9.75. The van der Waals surface area contributed by atoms with Gasteiger partial charge < -0.3 is 9.64 Å². The van der Waals surface area contributed by atoms with Crippen molar-refractivity contribution < 1.29 is 9.53 Å². The molecule has 0 aromatic heterocycles. The van der Waals surface area contributed by atoms with Crippen LogP contribution in [0.25, 0.3) is 0 Å². The molecule has 0 aromatic carbocycles. The molecule has 0 N–H and O–H groups in total. The van der Waals surface area contributed by atoms with Gasteiger partial charge in [-0.3, -0.25) is 4.79 Å². The maximum Gasteiger partial charge on any atom is 0.226 e. The predicted molar refractivity (Wildman–Crippen MR) is 60.5 cm³/mol. The van der Waals surface area contributed by atoms with E-state index < -0.39 is 0 Å². The summed E-state index contributed by atoms with van der Waals surface area (Å²) in [5.74, 6) is 0.144. The lowest BCUT2D eigenvalue weighted by Gasteiger charge is -2.25. The van der Waals surface area contributed by atoms with Crippen LogP contribution in [-0.4, -0.2) is 37.4 Å². The van der Waals surface area contributed by atoms with Crippen LogP contribution in [0, 0.1) is 0 Å². The number of amides is 1. The summed E-state index contributed by atoms with van der Waals surface area (Å²) < 4.78 is 5.22. The zero-order chi connectivity index (χ0) is 11.5. The molecule has 1 fully saturated rings. The first-order valence-corrected chi connectivity index (χ1v) is 5.49. The first-order valence-electron chi connectivity index (χ1n) is 5.49. The highest BCUT2D eigenvalue weighted by Gasteiger charge is 2.41. The van der Waals surface area contributed by atoms with Crippen LogP contribution in [0.5, 0.6) is 0 Å². The lowest BCUT2D eigenvalue weighted by molar-refractivity contribution is -0.129. The van der Waals surface area contributed by atoms with Crippen LogP contribution < -0.4 is 0 Å². The highest BCUT2D eigenvalue weighted by Crippen LogP contribution is 2.28. The summed E-state index contributed by atoms with van der Waals surface area (Å²) in [7, 11) is 5.65. The minimum atomic E-state index is -0.121. The van der Waals surface area contributed by atoms with Crippen molar-refractivity contribution in [2.24, 2.45) is 0 Å². The Labute approximate surface area is 92.9 Å². The number of rotatable bonds is 2. The largest absolute Gasteiger partial charge is 0.368 e. The van der Waals surface area contributed by atoms with Gasteiger partial charge in [0.25, 0.3) is 0 Å². The molecule has 2 radical (unpaired) electrons. The summed E-state index contributed by atoms with van der Waals surface area (Å²) >= 11 is 0. The third kappa shape index (κ3) is 3.38. The molecule has 15 heavy (non-hydrogen) atoms. The van der Waals surface area contributed by atoms with Gasteiger partial charge >= 0.3 is 0 Å². The number of carbonyl (C=O) groups excluding carboxylic acids is 1. The highest BCUT2D eigenvalue weighted by molar-refractivity contribution is 6.22. The minimum Gasteiger partial charge on any atom is -0.368 e. The Morgan fingerprint density at radius 1 is 1.53 bits per heavy atom. The van der Waals surface area contributed by atoms with E-state index in [0.717, 1.165) is 12.1 Å². The van der Waals surface area contributed by atoms with Gasteiger partial charge in [-0.25, -0.2) is 0 Å². The number of hydrogen-bond acceptors (Lipinski definition) is 2. The van der Waals surface area contributed by atoms with Crippen LogP contribution >= 0.6 is 0 Å². The van der Waals surface area contributed by atoms with Gasteiger partial charge in [-0.15, -0.1) is 5.47 Å². The van der Waals surface area contributed by atoms with Crippen LogP contribution in [0.3, 0.4) is 0 Å². The Morgan fingerprint density at radius 3 is 2.67 bits per heavy atom. The molecule has 2 aliphatic rings. The Balaban J connectivity index is 0.000000531. The molecule has 4 heteroatoms. The third-order valence-corrected chi connectivity index (χ3v) is 2.41. The minimum absolute atomic E-state index is 0.121. The van der Waals surface area contributed by atoms with E-state index in [4.69, 9.17) is 12.6 Å². The van der Waals surface area contributed by atoms with Crippen LogP contribution in [0.1, 0.15) is 33.6 Å². The van der Waals surface area contributed by atoms with Crippen molar-refractivity contribution in [1.29, 1.82) is 0 Å². The van der Waals surface area contributed by atoms with Gasteiger partial charge in [0.15, 0.2) is 0 Å². The summed E-state index contributed by atoms with van der Waals surface area (Å²) in [5, 5.41) is 0. The van der Waals surface area contributed by atoms with Crippen molar-refractivity contribution in [2.75, 3.05) is 13.2 Å². The molecular formula is C11H18BNO2. The molecule has 0 aromatic rings. The van der Waals surface area contributed by atoms with Crippen molar-refractivity contribution in [3.05, 3.63) is 11.7 Å². The fourth-order valence-electron chi connectivity index (χ4n) is 1.44. The van der Waals surface area contributed by atoms with E-state index in [1.165, 1.54) is 0 Å². The van der Waals surface area contributed by atoms with Crippen molar-refractivity contribution in [3.63, 3.8) is 0 Å². The van der Waals surface area contributed by atoms with Gasteiger partial charge in [-0.2, -0.15) is 0 Å². The van der Waals surface area contributed by atoms with Crippen LogP contribution in [0.4, 0.5) is 0 Å². The van der Waals surface area contributed by atoms with Gasteiger partial charge in [0.05, 0.1) is 13.2 Å². The molecule has 3 nitrogen and oxygen atoms in total. The lowest BCUT2D eigenvalue weighted by atomic mass is 9.89. The van der Waals surface area contributed by atoms with Crippen molar-refractivity contribution in [1.82, 2.24) is 4.90 Å². The van der Waals surface area contributed by atoms with Gasteiger partial charge in [0, 0.05) is 6.42 Å². The summed E-state index contributed by atoms with van der Waals surface area (Å²) in [6.07, 6.45) is 2.95. The molecular weight excluding hydrogens is 189 g/mol. The quantitative estimate of drug-likeness (QED) is 0.506. The average molecular weight is 207 g/mol. The van der Waals surface area contributed by atoms with Crippen molar-refractivity contribution >= 4 is 13.8 Å².